The molecule has 0 aromatic carbocycles. The summed E-state index contributed by atoms with van der Waals surface area (Å²) in [5, 5.41) is 4.22. The van der Waals surface area contributed by atoms with Gasteiger partial charge in [0.25, 0.3) is 0 Å². The Kier molecular flexibility index (Phi) is 2.82. The first-order valence-electron chi connectivity index (χ1n) is 5.37. The molecule has 2 heterocycles. The first kappa shape index (κ1) is 9.65. The van der Waals surface area contributed by atoms with Gasteiger partial charge in [-0.05, 0) is 39.9 Å². The quantitative estimate of drug-likeness (QED) is 0.707. The number of hydrogen-bond donors (Lipinski definition) is 0. The number of piperidine rings is 1. The normalized spacial score (nSPS) is 20.1. The highest BCUT2D eigenvalue weighted by molar-refractivity contribution is 4.98. The van der Waals surface area contributed by atoms with Gasteiger partial charge in [-0.1, -0.05) is 0 Å². The van der Waals surface area contributed by atoms with Gasteiger partial charge in [0.1, 0.15) is 12.2 Å². The van der Waals surface area contributed by atoms with Crippen molar-refractivity contribution in [2.45, 2.75) is 32.2 Å². The largest absolute Gasteiger partial charge is 0.306 e. The van der Waals surface area contributed by atoms with Gasteiger partial charge in [0.2, 0.25) is 0 Å². The van der Waals surface area contributed by atoms with Crippen LogP contribution in [0.3, 0.4) is 0 Å². The summed E-state index contributed by atoms with van der Waals surface area (Å²) in [7, 11) is 2.18. The molecule has 0 saturated carbocycles. The van der Waals surface area contributed by atoms with Crippen molar-refractivity contribution in [2.75, 3.05) is 20.1 Å². The fourth-order valence-corrected chi connectivity index (χ4v) is 2.10. The Labute approximate surface area is 84.9 Å². The summed E-state index contributed by atoms with van der Waals surface area (Å²) in [4.78, 5) is 6.75. The molecule has 78 valence electrons. The zero-order chi connectivity index (χ0) is 9.97. The van der Waals surface area contributed by atoms with Crippen molar-refractivity contribution in [3.8, 4) is 0 Å². The van der Waals surface area contributed by atoms with E-state index in [2.05, 4.69) is 29.0 Å². The Morgan fingerprint density at radius 1 is 1.43 bits per heavy atom. The molecule has 1 saturated heterocycles. The van der Waals surface area contributed by atoms with E-state index in [0.717, 1.165) is 6.54 Å². The molecule has 1 aliphatic rings. The molecule has 0 N–H and O–H groups in total. The van der Waals surface area contributed by atoms with Crippen LogP contribution in [0.2, 0.25) is 0 Å². The first-order chi connectivity index (χ1) is 6.81. The van der Waals surface area contributed by atoms with Gasteiger partial charge in [-0.25, -0.2) is 4.98 Å². The van der Waals surface area contributed by atoms with Crippen LogP contribution < -0.4 is 0 Å². The molecular weight excluding hydrogens is 176 g/mol. The number of aromatic nitrogens is 3. The van der Waals surface area contributed by atoms with E-state index < -0.39 is 0 Å². The fourth-order valence-electron chi connectivity index (χ4n) is 2.10. The Morgan fingerprint density at radius 2 is 2.14 bits per heavy atom. The van der Waals surface area contributed by atoms with Gasteiger partial charge in [0.05, 0.1) is 0 Å². The summed E-state index contributed by atoms with van der Waals surface area (Å²) in [6, 6.07) is 0. The van der Waals surface area contributed by atoms with Gasteiger partial charge in [-0.2, -0.15) is 5.10 Å². The van der Waals surface area contributed by atoms with Crippen molar-refractivity contribution in [1.82, 2.24) is 19.7 Å². The van der Waals surface area contributed by atoms with Crippen LogP contribution in [0.5, 0.6) is 0 Å². The molecule has 0 atom stereocenters. The molecule has 0 radical (unpaired) electrons. The van der Waals surface area contributed by atoms with E-state index in [4.69, 9.17) is 0 Å². The smallest absolute Gasteiger partial charge is 0.138 e. The van der Waals surface area contributed by atoms with Gasteiger partial charge < -0.3 is 4.90 Å². The molecule has 4 heteroatoms. The molecule has 0 spiro atoms. The van der Waals surface area contributed by atoms with E-state index >= 15 is 0 Å². The number of aryl methyl sites for hydroxylation is 1. The van der Waals surface area contributed by atoms with E-state index in [0.29, 0.717) is 5.92 Å². The maximum Gasteiger partial charge on any atom is 0.138 e. The van der Waals surface area contributed by atoms with E-state index in [-0.39, 0.29) is 0 Å². The van der Waals surface area contributed by atoms with Gasteiger partial charge in [0, 0.05) is 12.5 Å². The summed E-state index contributed by atoms with van der Waals surface area (Å²) in [6.45, 7) is 5.41. The summed E-state index contributed by atoms with van der Waals surface area (Å²) in [6.07, 6.45) is 4.11. The minimum atomic E-state index is 0.619. The number of likely N-dealkylation sites (tertiary alicyclic amines) is 1. The molecule has 1 aromatic heterocycles. The van der Waals surface area contributed by atoms with Crippen LogP contribution in [0.1, 0.15) is 31.5 Å². The Hall–Kier alpha value is -0.900. The molecule has 2 rings (SSSR count). The Bertz CT molecular complexity index is 286. The molecule has 1 fully saturated rings. The molecule has 1 aliphatic heterocycles. The lowest BCUT2D eigenvalue weighted by Gasteiger charge is -2.28. The van der Waals surface area contributed by atoms with Crippen LogP contribution in [0.4, 0.5) is 0 Å². The second-order valence-corrected chi connectivity index (χ2v) is 4.01. The standard InChI is InChI=1S/C10H18N4/c1-3-14-10(11-8-12-14)9-4-6-13(2)7-5-9/h8-9H,3-7H2,1-2H3. The van der Waals surface area contributed by atoms with Crippen molar-refractivity contribution in [3.05, 3.63) is 12.2 Å². The molecule has 14 heavy (non-hydrogen) atoms. The van der Waals surface area contributed by atoms with Crippen LogP contribution in [-0.2, 0) is 6.54 Å². The molecule has 0 unspecified atom stereocenters. The predicted octanol–water partition coefficient (Wildman–Crippen LogP) is 1.11. The van der Waals surface area contributed by atoms with E-state index in [1.807, 2.05) is 4.68 Å². The minimum Gasteiger partial charge on any atom is -0.306 e. The third-order valence-electron chi connectivity index (χ3n) is 3.03. The second kappa shape index (κ2) is 4.09. The van der Waals surface area contributed by atoms with Crippen molar-refractivity contribution in [1.29, 1.82) is 0 Å². The van der Waals surface area contributed by atoms with Gasteiger partial charge in [-0.15, -0.1) is 0 Å². The number of hydrogen-bond acceptors (Lipinski definition) is 3. The average Bonchev–Trinajstić information content (AvgIpc) is 2.67. The van der Waals surface area contributed by atoms with Gasteiger partial charge in [-0.3, -0.25) is 4.68 Å². The SMILES string of the molecule is CCn1ncnc1C1CCN(C)CC1. The molecule has 4 nitrogen and oxygen atoms in total. The highest BCUT2D eigenvalue weighted by atomic mass is 15.3. The maximum atomic E-state index is 4.37. The van der Waals surface area contributed by atoms with Gasteiger partial charge >= 0.3 is 0 Å². The topological polar surface area (TPSA) is 34.0 Å². The summed E-state index contributed by atoms with van der Waals surface area (Å²) >= 11 is 0. The summed E-state index contributed by atoms with van der Waals surface area (Å²) in [5.74, 6) is 1.80. The Morgan fingerprint density at radius 3 is 2.79 bits per heavy atom. The summed E-state index contributed by atoms with van der Waals surface area (Å²) < 4.78 is 2.02. The highest BCUT2D eigenvalue weighted by Gasteiger charge is 2.22. The van der Waals surface area contributed by atoms with E-state index in [1.165, 1.54) is 31.8 Å². The molecule has 0 amide bonds. The minimum absolute atomic E-state index is 0.619. The van der Waals surface area contributed by atoms with Crippen LogP contribution in [0.25, 0.3) is 0 Å². The monoisotopic (exact) mass is 194 g/mol. The lowest BCUT2D eigenvalue weighted by atomic mass is 9.96. The van der Waals surface area contributed by atoms with Crippen LogP contribution in [-0.4, -0.2) is 39.8 Å². The van der Waals surface area contributed by atoms with Crippen molar-refractivity contribution < 1.29 is 0 Å². The third-order valence-corrected chi connectivity index (χ3v) is 3.03. The molecule has 1 aromatic rings. The first-order valence-corrected chi connectivity index (χ1v) is 5.37. The van der Waals surface area contributed by atoms with Crippen LogP contribution in [0, 0.1) is 0 Å². The van der Waals surface area contributed by atoms with Crippen LogP contribution >= 0.6 is 0 Å². The molecule has 0 bridgehead atoms. The lowest BCUT2D eigenvalue weighted by molar-refractivity contribution is 0.248. The second-order valence-electron chi connectivity index (χ2n) is 4.01. The van der Waals surface area contributed by atoms with Gasteiger partial charge in [0.15, 0.2) is 0 Å². The number of nitrogens with zero attached hydrogens (tertiary/aromatic N) is 4. The van der Waals surface area contributed by atoms with Crippen molar-refractivity contribution >= 4 is 0 Å². The van der Waals surface area contributed by atoms with Crippen molar-refractivity contribution in [2.24, 2.45) is 0 Å². The van der Waals surface area contributed by atoms with E-state index in [1.54, 1.807) is 6.33 Å². The maximum absolute atomic E-state index is 4.37. The van der Waals surface area contributed by atoms with Crippen molar-refractivity contribution in [3.63, 3.8) is 0 Å². The zero-order valence-corrected chi connectivity index (χ0v) is 8.98. The highest BCUT2D eigenvalue weighted by Crippen LogP contribution is 2.25. The zero-order valence-electron chi connectivity index (χ0n) is 8.98. The summed E-state index contributed by atoms with van der Waals surface area (Å²) in [5.41, 5.74) is 0. The fraction of sp³-hybridized carbons (Fsp3) is 0.800. The average molecular weight is 194 g/mol. The number of rotatable bonds is 2. The Balaban J connectivity index is 2.08. The molecular formula is C10H18N4. The molecule has 0 aliphatic carbocycles. The third kappa shape index (κ3) is 1.80. The van der Waals surface area contributed by atoms with E-state index in [9.17, 15) is 0 Å². The lowest BCUT2D eigenvalue weighted by Crippen LogP contribution is -2.30. The van der Waals surface area contributed by atoms with Crippen LogP contribution in [0.15, 0.2) is 6.33 Å². The predicted molar refractivity (Wildman–Crippen MR) is 55.2 cm³/mol.